The Morgan fingerprint density at radius 1 is 1.60 bits per heavy atom. The van der Waals surface area contributed by atoms with Crippen LogP contribution in [0.5, 0.6) is 0 Å². The zero-order valence-electron chi connectivity index (χ0n) is 10.2. The molecule has 1 aliphatic rings. The molecule has 1 N–H and O–H groups in total. The van der Waals surface area contributed by atoms with Gasteiger partial charge in [0.1, 0.15) is 0 Å². The summed E-state index contributed by atoms with van der Waals surface area (Å²) in [5, 5.41) is 3.48. The van der Waals surface area contributed by atoms with Gasteiger partial charge in [0, 0.05) is 19.0 Å². The minimum Gasteiger partial charge on any atom is -0.371 e. The third-order valence-electron chi connectivity index (χ3n) is 3.05. The molecule has 2 unspecified atom stereocenters. The molecule has 1 heterocycles. The molecule has 1 saturated heterocycles. The van der Waals surface area contributed by atoms with Crippen molar-refractivity contribution >= 4 is 0 Å². The standard InChI is InChI=1S/C13H23NO/c1-5-7-11(6-2)14-10-12-8-9-13(3,4)15-12/h1,11-12,14H,6-10H2,2-4H3. The van der Waals surface area contributed by atoms with Crippen molar-refractivity contribution in [3.63, 3.8) is 0 Å². The second-order valence-corrected chi connectivity index (χ2v) is 4.96. The summed E-state index contributed by atoms with van der Waals surface area (Å²) in [6.07, 6.45) is 9.89. The van der Waals surface area contributed by atoms with E-state index in [4.69, 9.17) is 11.2 Å². The van der Waals surface area contributed by atoms with Crippen molar-refractivity contribution in [2.24, 2.45) is 0 Å². The Morgan fingerprint density at radius 3 is 2.80 bits per heavy atom. The van der Waals surface area contributed by atoms with Crippen LogP contribution in [0.3, 0.4) is 0 Å². The van der Waals surface area contributed by atoms with E-state index in [9.17, 15) is 0 Å². The van der Waals surface area contributed by atoms with Crippen molar-refractivity contribution in [1.82, 2.24) is 5.32 Å². The van der Waals surface area contributed by atoms with E-state index in [1.165, 1.54) is 0 Å². The smallest absolute Gasteiger partial charge is 0.0707 e. The van der Waals surface area contributed by atoms with Gasteiger partial charge in [-0.25, -0.2) is 0 Å². The molecule has 2 heteroatoms. The SMILES string of the molecule is C#CCC(CC)NCC1CCC(C)(C)O1. The number of nitrogens with one attached hydrogen (secondary N) is 1. The molecule has 0 bridgehead atoms. The summed E-state index contributed by atoms with van der Waals surface area (Å²) in [5.41, 5.74) is 0.0696. The molecule has 0 amide bonds. The van der Waals surface area contributed by atoms with Gasteiger partial charge in [0.05, 0.1) is 11.7 Å². The van der Waals surface area contributed by atoms with Crippen molar-refractivity contribution in [2.45, 2.75) is 64.2 Å². The molecule has 15 heavy (non-hydrogen) atoms. The van der Waals surface area contributed by atoms with E-state index < -0.39 is 0 Å². The molecular formula is C13H23NO. The van der Waals surface area contributed by atoms with E-state index in [-0.39, 0.29) is 5.60 Å². The Morgan fingerprint density at radius 2 is 2.33 bits per heavy atom. The summed E-state index contributed by atoms with van der Waals surface area (Å²) in [7, 11) is 0. The highest BCUT2D eigenvalue weighted by molar-refractivity contribution is 4.90. The van der Waals surface area contributed by atoms with Gasteiger partial charge in [0.25, 0.3) is 0 Å². The predicted octanol–water partition coefficient (Wildman–Crippen LogP) is 2.34. The van der Waals surface area contributed by atoms with Crippen molar-refractivity contribution < 1.29 is 4.74 Å². The van der Waals surface area contributed by atoms with Crippen LogP contribution < -0.4 is 5.32 Å². The van der Waals surface area contributed by atoms with Gasteiger partial charge in [0.2, 0.25) is 0 Å². The fourth-order valence-corrected chi connectivity index (χ4v) is 2.02. The first-order valence-corrected chi connectivity index (χ1v) is 5.92. The third-order valence-corrected chi connectivity index (χ3v) is 3.05. The molecule has 0 aromatic carbocycles. The highest BCUT2D eigenvalue weighted by Crippen LogP contribution is 2.28. The number of rotatable bonds is 5. The second kappa shape index (κ2) is 5.53. The molecule has 86 valence electrons. The number of terminal acetylenes is 1. The zero-order valence-corrected chi connectivity index (χ0v) is 10.2. The highest BCUT2D eigenvalue weighted by atomic mass is 16.5. The van der Waals surface area contributed by atoms with Gasteiger partial charge in [-0.05, 0) is 33.1 Å². The molecule has 1 fully saturated rings. The van der Waals surface area contributed by atoms with Crippen LogP contribution in [0.1, 0.15) is 46.5 Å². The Hall–Kier alpha value is -0.520. The monoisotopic (exact) mass is 209 g/mol. The maximum atomic E-state index is 5.91. The Balaban J connectivity index is 2.23. The highest BCUT2D eigenvalue weighted by Gasteiger charge is 2.31. The fraction of sp³-hybridized carbons (Fsp3) is 0.846. The van der Waals surface area contributed by atoms with Crippen LogP contribution >= 0.6 is 0 Å². The van der Waals surface area contributed by atoms with Crippen LogP contribution in [-0.4, -0.2) is 24.3 Å². The molecule has 2 atom stereocenters. The minimum atomic E-state index is 0.0696. The van der Waals surface area contributed by atoms with E-state index in [0.29, 0.717) is 12.1 Å². The van der Waals surface area contributed by atoms with Gasteiger partial charge in [-0.2, -0.15) is 0 Å². The lowest BCUT2D eigenvalue weighted by Gasteiger charge is -2.21. The Labute approximate surface area is 93.8 Å². The van der Waals surface area contributed by atoms with E-state index in [1.54, 1.807) is 0 Å². The zero-order chi connectivity index (χ0) is 11.3. The normalized spacial score (nSPS) is 26.1. The first-order chi connectivity index (χ1) is 7.07. The van der Waals surface area contributed by atoms with Gasteiger partial charge in [-0.15, -0.1) is 12.3 Å². The lowest BCUT2D eigenvalue weighted by atomic mass is 10.1. The molecule has 1 aliphatic heterocycles. The maximum Gasteiger partial charge on any atom is 0.0707 e. The lowest BCUT2D eigenvalue weighted by molar-refractivity contribution is -0.0151. The first kappa shape index (κ1) is 12.5. The second-order valence-electron chi connectivity index (χ2n) is 4.96. The molecule has 2 nitrogen and oxygen atoms in total. The maximum absolute atomic E-state index is 5.91. The molecule has 0 aromatic heterocycles. The Bertz CT molecular complexity index is 229. The minimum absolute atomic E-state index is 0.0696. The molecule has 0 aliphatic carbocycles. The summed E-state index contributed by atoms with van der Waals surface area (Å²) in [5.74, 6) is 2.71. The number of ether oxygens (including phenoxy) is 1. The summed E-state index contributed by atoms with van der Waals surface area (Å²) < 4.78 is 5.91. The van der Waals surface area contributed by atoms with Gasteiger partial charge in [0.15, 0.2) is 0 Å². The Kier molecular flexibility index (Phi) is 4.63. The largest absolute Gasteiger partial charge is 0.371 e. The van der Waals surface area contributed by atoms with Crippen molar-refractivity contribution in [3.05, 3.63) is 0 Å². The molecule has 0 radical (unpaired) electrons. The van der Waals surface area contributed by atoms with Crippen LogP contribution in [0.15, 0.2) is 0 Å². The lowest BCUT2D eigenvalue weighted by Crippen LogP contribution is -2.36. The molecule has 1 rings (SSSR count). The average Bonchev–Trinajstić information content (AvgIpc) is 2.53. The van der Waals surface area contributed by atoms with Crippen LogP contribution in [0.2, 0.25) is 0 Å². The molecule has 0 spiro atoms. The van der Waals surface area contributed by atoms with Gasteiger partial charge >= 0.3 is 0 Å². The van der Waals surface area contributed by atoms with Crippen molar-refractivity contribution in [3.8, 4) is 12.3 Å². The predicted molar refractivity (Wildman–Crippen MR) is 63.7 cm³/mol. The van der Waals surface area contributed by atoms with E-state index in [0.717, 1.165) is 32.2 Å². The van der Waals surface area contributed by atoms with Gasteiger partial charge in [-0.1, -0.05) is 6.92 Å². The van der Waals surface area contributed by atoms with Crippen LogP contribution in [0.4, 0.5) is 0 Å². The van der Waals surface area contributed by atoms with Crippen molar-refractivity contribution in [2.75, 3.05) is 6.54 Å². The van der Waals surface area contributed by atoms with E-state index in [1.807, 2.05) is 0 Å². The van der Waals surface area contributed by atoms with Crippen LogP contribution in [0.25, 0.3) is 0 Å². The summed E-state index contributed by atoms with van der Waals surface area (Å²) >= 11 is 0. The van der Waals surface area contributed by atoms with E-state index in [2.05, 4.69) is 32.0 Å². The van der Waals surface area contributed by atoms with E-state index >= 15 is 0 Å². The summed E-state index contributed by atoms with van der Waals surface area (Å²) in [6, 6.07) is 0.447. The quantitative estimate of drug-likeness (QED) is 0.702. The van der Waals surface area contributed by atoms with Gasteiger partial charge < -0.3 is 10.1 Å². The van der Waals surface area contributed by atoms with Crippen LogP contribution in [-0.2, 0) is 4.74 Å². The number of hydrogen-bond acceptors (Lipinski definition) is 2. The van der Waals surface area contributed by atoms with Gasteiger partial charge in [-0.3, -0.25) is 0 Å². The topological polar surface area (TPSA) is 21.3 Å². The molecule has 0 saturated carbocycles. The third kappa shape index (κ3) is 4.24. The summed E-state index contributed by atoms with van der Waals surface area (Å²) in [6.45, 7) is 7.41. The average molecular weight is 209 g/mol. The summed E-state index contributed by atoms with van der Waals surface area (Å²) in [4.78, 5) is 0. The first-order valence-electron chi connectivity index (χ1n) is 5.92. The number of hydrogen-bond donors (Lipinski definition) is 1. The van der Waals surface area contributed by atoms with Crippen molar-refractivity contribution in [1.29, 1.82) is 0 Å². The fourth-order valence-electron chi connectivity index (χ4n) is 2.02. The van der Waals surface area contributed by atoms with Crippen LogP contribution in [0, 0.1) is 12.3 Å². The molecular weight excluding hydrogens is 186 g/mol. The molecule has 0 aromatic rings.